The summed E-state index contributed by atoms with van der Waals surface area (Å²) in [5, 5.41) is 2.75. The second-order valence-corrected chi connectivity index (χ2v) is 6.29. The molecule has 144 valence electrons. The average Bonchev–Trinajstić information content (AvgIpc) is 2.60. The maximum atomic E-state index is 12.9. The maximum absolute atomic E-state index is 12.9. The molecule has 2 rings (SSSR count). The molecule has 0 aromatic heterocycles. The molecule has 0 saturated carbocycles. The summed E-state index contributed by atoms with van der Waals surface area (Å²) in [6, 6.07) is 3.90. The number of alkyl halides is 3. The van der Waals surface area contributed by atoms with Crippen LogP contribution in [0, 0.1) is 12.8 Å². The van der Waals surface area contributed by atoms with E-state index >= 15 is 0 Å². The monoisotopic (exact) mass is 372 g/mol. The Morgan fingerprint density at radius 2 is 1.92 bits per heavy atom. The van der Waals surface area contributed by atoms with E-state index in [2.05, 4.69) is 5.32 Å². The van der Waals surface area contributed by atoms with Crippen LogP contribution in [0.5, 0.6) is 0 Å². The number of hydrogen-bond acceptors (Lipinski definition) is 4. The van der Waals surface area contributed by atoms with E-state index in [4.69, 9.17) is 4.74 Å². The number of hydrogen-bond donors (Lipinski definition) is 1. The first-order valence-corrected chi connectivity index (χ1v) is 8.58. The minimum absolute atomic E-state index is 0.0928. The second-order valence-electron chi connectivity index (χ2n) is 6.29. The van der Waals surface area contributed by atoms with Crippen LogP contribution in [0.15, 0.2) is 18.2 Å². The van der Waals surface area contributed by atoms with Crippen LogP contribution in [-0.2, 0) is 20.5 Å². The Bertz CT molecular complexity index is 654. The molecule has 0 unspecified atom stereocenters. The third-order valence-corrected chi connectivity index (χ3v) is 4.45. The molecule has 1 saturated heterocycles. The molecule has 26 heavy (non-hydrogen) atoms. The standard InChI is InChI=1S/C18H23F3N2O3/c1-3-26-17(25)13-6-8-23(9-7-13)16(24)11-22-14-5-4-12(2)15(10-14)18(19,20)21/h4-5,10,13,22H,3,6-9,11H2,1-2H3. The Labute approximate surface area is 150 Å². The molecule has 0 bridgehead atoms. The second kappa shape index (κ2) is 8.42. The van der Waals surface area contributed by atoms with Gasteiger partial charge in [0.15, 0.2) is 0 Å². The van der Waals surface area contributed by atoms with Crippen molar-refractivity contribution >= 4 is 17.6 Å². The van der Waals surface area contributed by atoms with E-state index in [-0.39, 0.29) is 35.6 Å². The van der Waals surface area contributed by atoms with Gasteiger partial charge in [0, 0.05) is 18.8 Å². The number of nitrogens with zero attached hydrogens (tertiary/aromatic N) is 1. The number of anilines is 1. The Balaban J connectivity index is 1.87. The van der Waals surface area contributed by atoms with E-state index < -0.39 is 11.7 Å². The van der Waals surface area contributed by atoms with Gasteiger partial charge in [0.05, 0.1) is 24.6 Å². The topological polar surface area (TPSA) is 58.6 Å². The van der Waals surface area contributed by atoms with Crippen molar-refractivity contribution in [3.8, 4) is 0 Å². The molecule has 1 aliphatic heterocycles. The number of esters is 1. The van der Waals surface area contributed by atoms with E-state index in [0.717, 1.165) is 6.07 Å². The third-order valence-electron chi connectivity index (χ3n) is 4.45. The number of ether oxygens (including phenoxy) is 1. The van der Waals surface area contributed by atoms with Gasteiger partial charge in [0.25, 0.3) is 0 Å². The zero-order valence-corrected chi connectivity index (χ0v) is 14.9. The first kappa shape index (κ1) is 20.1. The zero-order valence-electron chi connectivity index (χ0n) is 14.9. The molecular weight excluding hydrogens is 349 g/mol. The summed E-state index contributed by atoms with van der Waals surface area (Å²) in [7, 11) is 0. The van der Waals surface area contributed by atoms with Gasteiger partial charge < -0.3 is 15.0 Å². The lowest BCUT2D eigenvalue weighted by Crippen LogP contribution is -2.43. The molecule has 1 aliphatic rings. The first-order chi connectivity index (χ1) is 12.2. The highest BCUT2D eigenvalue weighted by atomic mass is 19.4. The first-order valence-electron chi connectivity index (χ1n) is 8.58. The SMILES string of the molecule is CCOC(=O)C1CCN(C(=O)CNc2ccc(C)c(C(F)(F)F)c2)CC1. The summed E-state index contributed by atoms with van der Waals surface area (Å²) in [4.78, 5) is 25.6. The van der Waals surface area contributed by atoms with Crippen LogP contribution in [0.1, 0.15) is 30.9 Å². The van der Waals surface area contributed by atoms with Gasteiger partial charge in [-0.1, -0.05) is 6.07 Å². The number of benzene rings is 1. The van der Waals surface area contributed by atoms with Crippen molar-refractivity contribution < 1.29 is 27.5 Å². The fourth-order valence-corrected chi connectivity index (χ4v) is 2.95. The van der Waals surface area contributed by atoms with Crippen LogP contribution in [0.25, 0.3) is 0 Å². The van der Waals surface area contributed by atoms with Crippen LogP contribution in [0.3, 0.4) is 0 Å². The summed E-state index contributed by atoms with van der Waals surface area (Å²) in [5.74, 6) is -0.642. The number of amides is 1. The number of nitrogens with one attached hydrogen (secondary N) is 1. The van der Waals surface area contributed by atoms with Gasteiger partial charge in [-0.25, -0.2) is 0 Å². The molecule has 1 N–H and O–H groups in total. The molecule has 1 heterocycles. The average molecular weight is 372 g/mol. The minimum Gasteiger partial charge on any atom is -0.466 e. The zero-order chi connectivity index (χ0) is 19.3. The highest BCUT2D eigenvalue weighted by Gasteiger charge is 2.32. The molecule has 8 heteroatoms. The summed E-state index contributed by atoms with van der Waals surface area (Å²) >= 11 is 0. The van der Waals surface area contributed by atoms with Gasteiger partial charge in [-0.2, -0.15) is 13.2 Å². The lowest BCUT2D eigenvalue weighted by atomic mass is 9.97. The number of piperidine rings is 1. The van der Waals surface area contributed by atoms with Gasteiger partial charge in [0.2, 0.25) is 5.91 Å². The Morgan fingerprint density at radius 1 is 1.27 bits per heavy atom. The van der Waals surface area contributed by atoms with Crippen LogP contribution in [0.2, 0.25) is 0 Å². The van der Waals surface area contributed by atoms with E-state index in [1.54, 1.807) is 11.8 Å². The summed E-state index contributed by atoms with van der Waals surface area (Å²) < 4.78 is 43.8. The molecule has 1 amide bonds. The highest BCUT2D eigenvalue weighted by Crippen LogP contribution is 2.33. The molecule has 1 fully saturated rings. The number of aryl methyl sites for hydroxylation is 1. The largest absolute Gasteiger partial charge is 0.466 e. The number of halogens is 3. The van der Waals surface area contributed by atoms with Crippen molar-refractivity contribution in [3.63, 3.8) is 0 Å². The van der Waals surface area contributed by atoms with Crippen molar-refractivity contribution in [3.05, 3.63) is 29.3 Å². The van der Waals surface area contributed by atoms with Crippen LogP contribution in [0.4, 0.5) is 18.9 Å². The molecular formula is C18H23F3N2O3. The van der Waals surface area contributed by atoms with Crippen molar-refractivity contribution in [2.24, 2.45) is 5.92 Å². The number of rotatable bonds is 5. The van der Waals surface area contributed by atoms with E-state index in [1.165, 1.54) is 19.1 Å². The third kappa shape index (κ3) is 5.12. The fourth-order valence-electron chi connectivity index (χ4n) is 2.95. The number of likely N-dealkylation sites (tertiary alicyclic amines) is 1. The smallest absolute Gasteiger partial charge is 0.416 e. The van der Waals surface area contributed by atoms with Crippen molar-refractivity contribution in [2.75, 3.05) is 31.6 Å². The van der Waals surface area contributed by atoms with Crippen LogP contribution < -0.4 is 5.32 Å². The minimum atomic E-state index is -4.43. The van der Waals surface area contributed by atoms with Gasteiger partial charge in [0.1, 0.15) is 0 Å². The van der Waals surface area contributed by atoms with Gasteiger partial charge in [-0.15, -0.1) is 0 Å². The molecule has 0 aliphatic carbocycles. The summed E-state index contributed by atoms with van der Waals surface area (Å²) in [6.07, 6.45) is -3.36. The van der Waals surface area contributed by atoms with Crippen LogP contribution in [-0.4, -0.2) is 43.0 Å². The molecule has 1 aromatic rings. The Hall–Kier alpha value is -2.25. The van der Waals surface area contributed by atoms with Crippen molar-refractivity contribution in [2.45, 2.75) is 32.9 Å². The molecule has 0 spiro atoms. The molecule has 5 nitrogen and oxygen atoms in total. The Morgan fingerprint density at radius 3 is 2.50 bits per heavy atom. The number of carbonyl (C=O) groups is 2. The maximum Gasteiger partial charge on any atom is 0.416 e. The van der Waals surface area contributed by atoms with Gasteiger partial charge in [-0.3, -0.25) is 9.59 Å². The quantitative estimate of drug-likeness (QED) is 0.807. The van der Waals surface area contributed by atoms with Gasteiger partial charge >= 0.3 is 12.1 Å². The van der Waals surface area contributed by atoms with Crippen LogP contribution >= 0.6 is 0 Å². The predicted molar refractivity (Wildman–Crippen MR) is 90.6 cm³/mol. The van der Waals surface area contributed by atoms with Gasteiger partial charge in [-0.05, 0) is 44.4 Å². The number of carbonyl (C=O) groups excluding carboxylic acids is 2. The highest BCUT2D eigenvalue weighted by molar-refractivity contribution is 5.81. The molecule has 0 atom stereocenters. The summed E-state index contributed by atoms with van der Waals surface area (Å²) in [6.45, 7) is 4.25. The van der Waals surface area contributed by atoms with Crippen molar-refractivity contribution in [1.82, 2.24) is 4.90 Å². The summed E-state index contributed by atoms with van der Waals surface area (Å²) in [5.41, 5.74) is -0.335. The Kier molecular flexibility index (Phi) is 6.50. The normalized spacial score (nSPS) is 15.7. The predicted octanol–water partition coefficient (Wildman–Crippen LogP) is 3.23. The lowest BCUT2D eigenvalue weighted by Gasteiger charge is -2.31. The van der Waals surface area contributed by atoms with E-state index in [0.29, 0.717) is 32.5 Å². The van der Waals surface area contributed by atoms with Crippen molar-refractivity contribution in [1.29, 1.82) is 0 Å². The molecule has 1 aromatic carbocycles. The lowest BCUT2D eigenvalue weighted by molar-refractivity contribution is -0.151. The van der Waals surface area contributed by atoms with E-state index in [1.807, 2.05) is 0 Å². The molecule has 0 radical (unpaired) electrons. The fraction of sp³-hybridized carbons (Fsp3) is 0.556. The van der Waals surface area contributed by atoms with E-state index in [9.17, 15) is 22.8 Å².